The molecule has 0 bridgehead atoms. The van der Waals surface area contributed by atoms with E-state index < -0.39 is 11.8 Å². The van der Waals surface area contributed by atoms with Gasteiger partial charge in [0.2, 0.25) is 5.91 Å². The molecule has 1 aromatic carbocycles. The third-order valence-corrected chi connectivity index (χ3v) is 5.16. The summed E-state index contributed by atoms with van der Waals surface area (Å²) in [5, 5.41) is 2.84. The molecule has 2 heterocycles. The summed E-state index contributed by atoms with van der Waals surface area (Å²) in [6, 6.07) is 9.33. The molecule has 134 valence electrons. The first kappa shape index (κ1) is 16.6. The van der Waals surface area contributed by atoms with Gasteiger partial charge in [-0.2, -0.15) is 0 Å². The number of hydrogen-bond donors (Lipinski definition) is 1. The maximum atomic E-state index is 12.3. The number of aromatic nitrogens is 1. The van der Waals surface area contributed by atoms with Crippen LogP contribution in [0.25, 0.3) is 0 Å². The molecule has 4 rings (SSSR count). The van der Waals surface area contributed by atoms with E-state index in [9.17, 15) is 14.4 Å². The van der Waals surface area contributed by atoms with Crippen molar-refractivity contribution in [2.24, 2.45) is 0 Å². The molecule has 1 aliphatic heterocycles. The Bertz CT molecular complexity index is 889. The number of nitrogens with zero attached hydrogens (tertiary/aromatic N) is 2. The molecule has 0 saturated heterocycles. The number of nitrogens with one attached hydrogen (secondary N) is 1. The minimum atomic E-state index is -0.410. The second-order valence-electron chi connectivity index (χ2n) is 7.02. The first-order valence-corrected chi connectivity index (χ1v) is 8.86. The van der Waals surface area contributed by atoms with Gasteiger partial charge in [-0.15, -0.1) is 0 Å². The highest BCUT2D eigenvalue weighted by atomic mass is 16.2. The largest absolute Gasteiger partial charge is 0.350 e. The van der Waals surface area contributed by atoms with E-state index in [4.69, 9.17) is 0 Å². The number of carbonyl (C=O) groups excluding carboxylic acids is 3. The van der Waals surface area contributed by atoms with Gasteiger partial charge < -0.3 is 9.88 Å². The lowest BCUT2D eigenvalue weighted by Crippen LogP contribution is -2.40. The van der Waals surface area contributed by atoms with Crippen LogP contribution in [0.15, 0.2) is 30.3 Å². The van der Waals surface area contributed by atoms with Gasteiger partial charge in [-0.3, -0.25) is 19.3 Å². The number of carbonyl (C=O) groups is 3. The molecule has 1 fully saturated rings. The van der Waals surface area contributed by atoms with E-state index >= 15 is 0 Å². The minimum Gasteiger partial charge on any atom is -0.350 e. The van der Waals surface area contributed by atoms with Gasteiger partial charge in [0.05, 0.1) is 11.1 Å². The molecule has 2 aliphatic rings. The Morgan fingerprint density at radius 3 is 2.31 bits per heavy atom. The van der Waals surface area contributed by atoms with Crippen molar-refractivity contribution < 1.29 is 14.4 Å². The molecule has 1 aliphatic carbocycles. The first-order valence-electron chi connectivity index (χ1n) is 8.86. The van der Waals surface area contributed by atoms with E-state index in [2.05, 4.69) is 29.8 Å². The molecule has 26 heavy (non-hydrogen) atoms. The van der Waals surface area contributed by atoms with Crippen LogP contribution < -0.4 is 5.32 Å². The maximum Gasteiger partial charge on any atom is 0.262 e. The summed E-state index contributed by atoms with van der Waals surface area (Å²) < 4.78 is 2.33. The summed E-state index contributed by atoms with van der Waals surface area (Å²) in [6.45, 7) is 4.29. The number of rotatable bonds is 5. The normalized spacial score (nSPS) is 16.2. The Labute approximate surface area is 151 Å². The summed E-state index contributed by atoms with van der Waals surface area (Å²) in [6.07, 6.45) is 2.42. The maximum absolute atomic E-state index is 12.3. The molecule has 1 N–H and O–H groups in total. The molecule has 3 amide bonds. The van der Waals surface area contributed by atoms with Crippen LogP contribution in [0.2, 0.25) is 0 Å². The standard InChI is InChI=1S/C20H21N3O3/c1-12-9-14(13(2)23(12)15-7-8-15)10-21-18(24)11-22-19(25)16-5-3-4-6-17(16)20(22)26/h3-6,9,15H,7-8,10-11H2,1-2H3,(H,21,24). The van der Waals surface area contributed by atoms with Gasteiger partial charge in [0, 0.05) is 24.0 Å². The van der Waals surface area contributed by atoms with E-state index in [0.717, 1.165) is 10.5 Å². The minimum absolute atomic E-state index is 0.256. The van der Waals surface area contributed by atoms with Crippen molar-refractivity contribution in [1.29, 1.82) is 0 Å². The van der Waals surface area contributed by atoms with Crippen LogP contribution in [0.3, 0.4) is 0 Å². The monoisotopic (exact) mass is 351 g/mol. The predicted molar refractivity (Wildman–Crippen MR) is 95.8 cm³/mol. The molecule has 6 heteroatoms. The second kappa shape index (κ2) is 6.12. The zero-order chi connectivity index (χ0) is 18.4. The molecule has 0 atom stereocenters. The summed E-state index contributed by atoms with van der Waals surface area (Å²) in [4.78, 5) is 38.0. The second-order valence-corrected chi connectivity index (χ2v) is 7.02. The molecular weight excluding hydrogens is 330 g/mol. The van der Waals surface area contributed by atoms with Crippen LogP contribution in [0.4, 0.5) is 0 Å². The van der Waals surface area contributed by atoms with Gasteiger partial charge in [0.25, 0.3) is 11.8 Å². The van der Waals surface area contributed by atoms with Crippen LogP contribution in [0.1, 0.15) is 56.6 Å². The van der Waals surface area contributed by atoms with Crippen molar-refractivity contribution in [1.82, 2.24) is 14.8 Å². The predicted octanol–water partition coefficient (Wildman–Crippen LogP) is 2.35. The van der Waals surface area contributed by atoms with Gasteiger partial charge in [0.15, 0.2) is 0 Å². The lowest BCUT2D eigenvalue weighted by atomic mass is 10.1. The van der Waals surface area contributed by atoms with Crippen LogP contribution in [-0.2, 0) is 11.3 Å². The topological polar surface area (TPSA) is 71.4 Å². The van der Waals surface area contributed by atoms with Crippen LogP contribution in [-0.4, -0.2) is 33.7 Å². The number of benzene rings is 1. The average molecular weight is 351 g/mol. The SMILES string of the molecule is Cc1cc(CNC(=O)CN2C(=O)c3ccccc3C2=O)c(C)n1C1CC1. The molecule has 2 aromatic rings. The van der Waals surface area contributed by atoms with Crippen LogP contribution in [0, 0.1) is 13.8 Å². The number of hydrogen-bond acceptors (Lipinski definition) is 3. The highest BCUT2D eigenvalue weighted by Crippen LogP contribution is 2.38. The van der Waals surface area contributed by atoms with Gasteiger partial charge in [-0.1, -0.05) is 12.1 Å². The van der Waals surface area contributed by atoms with E-state index in [1.165, 1.54) is 24.2 Å². The molecule has 1 saturated carbocycles. The lowest BCUT2D eigenvalue weighted by Gasteiger charge is -2.14. The van der Waals surface area contributed by atoms with Crippen molar-refractivity contribution in [3.8, 4) is 0 Å². The Morgan fingerprint density at radius 2 is 1.73 bits per heavy atom. The summed E-state index contributed by atoms with van der Waals surface area (Å²) >= 11 is 0. The Hall–Kier alpha value is -2.89. The summed E-state index contributed by atoms with van der Waals surface area (Å²) in [5.41, 5.74) is 4.17. The third-order valence-electron chi connectivity index (χ3n) is 5.16. The van der Waals surface area contributed by atoms with Gasteiger partial charge in [-0.25, -0.2) is 0 Å². The van der Waals surface area contributed by atoms with Crippen molar-refractivity contribution in [2.45, 2.75) is 39.3 Å². The number of fused-ring (bicyclic) bond motifs is 1. The molecule has 0 radical (unpaired) electrons. The molecular formula is C20H21N3O3. The van der Waals surface area contributed by atoms with Crippen molar-refractivity contribution in [3.63, 3.8) is 0 Å². The fourth-order valence-electron chi connectivity index (χ4n) is 3.69. The Kier molecular flexibility index (Phi) is 3.90. The van der Waals surface area contributed by atoms with Crippen molar-refractivity contribution >= 4 is 17.7 Å². The average Bonchev–Trinajstić information content (AvgIpc) is 3.38. The number of amides is 3. The molecule has 0 spiro atoms. The van der Waals surface area contributed by atoms with Gasteiger partial charge >= 0.3 is 0 Å². The van der Waals surface area contributed by atoms with Crippen molar-refractivity contribution in [2.75, 3.05) is 6.54 Å². The Balaban J connectivity index is 1.40. The first-order chi connectivity index (χ1) is 12.5. The smallest absolute Gasteiger partial charge is 0.262 e. The Morgan fingerprint density at radius 1 is 1.12 bits per heavy atom. The summed E-state index contributed by atoms with van der Waals surface area (Å²) in [5.74, 6) is -1.16. The number of imide groups is 1. The van der Waals surface area contributed by atoms with Gasteiger partial charge in [0.1, 0.15) is 6.54 Å². The van der Waals surface area contributed by atoms with Crippen molar-refractivity contribution in [3.05, 3.63) is 58.4 Å². The molecule has 0 unspecified atom stereocenters. The van der Waals surface area contributed by atoms with Crippen LogP contribution >= 0.6 is 0 Å². The molecule has 6 nitrogen and oxygen atoms in total. The highest BCUT2D eigenvalue weighted by Gasteiger charge is 2.36. The summed E-state index contributed by atoms with van der Waals surface area (Å²) in [7, 11) is 0. The quantitative estimate of drug-likeness (QED) is 0.841. The van der Waals surface area contributed by atoms with E-state index in [1.54, 1.807) is 24.3 Å². The molecule has 1 aromatic heterocycles. The van der Waals surface area contributed by atoms with Crippen LogP contribution in [0.5, 0.6) is 0 Å². The zero-order valence-electron chi connectivity index (χ0n) is 14.9. The zero-order valence-corrected chi connectivity index (χ0v) is 14.9. The van der Waals surface area contributed by atoms with E-state index in [1.807, 2.05) is 0 Å². The van der Waals surface area contributed by atoms with E-state index in [-0.39, 0.29) is 12.5 Å². The fourth-order valence-corrected chi connectivity index (χ4v) is 3.69. The highest BCUT2D eigenvalue weighted by molar-refractivity contribution is 6.22. The lowest BCUT2D eigenvalue weighted by molar-refractivity contribution is -0.121. The van der Waals surface area contributed by atoms with E-state index in [0.29, 0.717) is 23.7 Å². The van der Waals surface area contributed by atoms with Gasteiger partial charge in [-0.05, 0) is 50.5 Å². The fraction of sp³-hybridized carbons (Fsp3) is 0.350. The third kappa shape index (κ3) is 2.71. The number of aryl methyl sites for hydroxylation is 1.